The lowest BCUT2D eigenvalue weighted by Crippen LogP contribution is -1.91. The monoisotopic (exact) mass is 283 g/mol. The van der Waals surface area contributed by atoms with Gasteiger partial charge in [-0.05, 0) is 18.2 Å². The van der Waals surface area contributed by atoms with Gasteiger partial charge in [-0.25, -0.2) is 9.97 Å². The van der Waals surface area contributed by atoms with Crippen LogP contribution in [0.5, 0.6) is 0 Å². The fourth-order valence-corrected chi connectivity index (χ4v) is 2.45. The molecular weight excluding hydrogens is 270 g/mol. The number of fused-ring (bicyclic) bond motifs is 1. The van der Waals surface area contributed by atoms with E-state index < -0.39 is 0 Å². The van der Waals surface area contributed by atoms with E-state index in [1.807, 2.05) is 72.9 Å². The predicted octanol–water partition coefficient (Wildman–Crippen LogP) is 4.36. The molecule has 2 aromatic carbocycles. The maximum absolute atomic E-state index is 4.64. The normalized spacial score (nSPS) is 10.7. The van der Waals surface area contributed by atoms with Gasteiger partial charge in [0.15, 0.2) is 5.82 Å². The van der Waals surface area contributed by atoms with Crippen LogP contribution in [-0.4, -0.2) is 15.0 Å². The Morgan fingerprint density at radius 1 is 0.682 bits per heavy atom. The van der Waals surface area contributed by atoms with Crippen LogP contribution in [0.15, 0.2) is 79.1 Å². The lowest BCUT2D eigenvalue weighted by molar-refractivity contribution is 1.21. The number of hydrogen-bond donors (Lipinski definition) is 0. The summed E-state index contributed by atoms with van der Waals surface area (Å²) in [6.45, 7) is 0. The van der Waals surface area contributed by atoms with Crippen molar-refractivity contribution in [3.05, 3.63) is 79.1 Å². The second-order valence-corrected chi connectivity index (χ2v) is 5.05. The van der Waals surface area contributed by atoms with Crippen LogP contribution >= 0.6 is 0 Å². The molecule has 0 saturated carbocycles. The standard InChI is InChI=1S/C19H13N3/c1-2-6-14(7-3-1)18-12-15(10-11-20-18)19-21-13-16-8-4-5-9-17(16)22-19/h1-13H. The summed E-state index contributed by atoms with van der Waals surface area (Å²) in [7, 11) is 0. The highest BCUT2D eigenvalue weighted by Gasteiger charge is 2.06. The predicted molar refractivity (Wildman–Crippen MR) is 88.2 cm³/mol. The molecule has 0 saturated heterocycles. The summed E-state index contributed by atoms with van der Waals surface area (Å²) in [6.07, 6.45) is 3.66. The van der Waals surface area contributed by atoms with Gasteiger partial charge in [0.1, 0.15) is 0 Å². The zero-order valence-corrected chi connectivity index (χ0v) is 11.8. The second kappa shape index (κ2) is 5.37. The molecule has 0 aliphatic rings. The Bertz CT molecular complexity index is 933. The van der Waals surface area contributed by atoms with Crippen molar-refractivity contribution in [3.63, 3.8) is 0 Å². The van der Waals surface area contributed by atoms with Crippen molar-refractivity contribution in [3.8, 4) is 22.6 Å². The number of para-hydroxylation sites is 1. The molecule has 0 aliphatic carbocycles. The molecule has 0 radical (unpaired) electrons. The molecule has 0 fully saturated rings. The van der Waals surface area contributed by atoms with E-state index in [4.69, 9.17) is 0 Å². The van der Waals surface area contributed by atoms with Crippen LogP contribution in [0.25, 0.3) is 33.5 Å². The van der Waals surface area contributed by atoms with E-state index in [2.05, 4.69) is 15.0 Å². The van der Waals surface area contributed by atoms with E-state index in [9.17, 15) is 0 Å². The van der Waals surface area contributed by atoms with E-state index in [0.29, 0.717) is 0 Å². The van der Waals surface area contributed by atoms with E-state index in [1.54, 1.807) is 6.20 Å². The number of rotatable bonds is 2. The largest absolute Gasteiger partial charge is 0.256 e. The SMILES string of the molecule is c1ccc(-c2cc(-c3ncc4ccccc4n3)ccn2)cc1. The van der Waals surface area contributed by atoms with E-state index in [-0.39, 0.29) is 0 Å². The van der Waals surface area contributed by atoms with Crippen molar-refractivity contribution in [2.24, 2.45) is 0 Å². The summed E-state index contributed by atoms with van der Waals surface area (Å²) in [5, 5.41) is 1.04. The number of pyridine rings is 1. The van der Waals surface area contributed by atoms with Crippen LogP contribution < -0.4 is 0 Å². The highest BCUT2D eigenvalue weighted by molar-refractivity contribution is 5.79. The molecular formula is C19H13N3. The van der Waals surface area contributed by atoms with Gasteiger partial charge in [-0.2, -0.15) is 0 Å². The van der Waals surface area contributed by atoms with E-state index in [1.165, 1.54) is 0 Å². The van der Waals surface area contributed by atoms with Crippen LogP contribution in [-0.2, 0) is 0 Å². The summed E-state index contributed by atoms with van der Waals surface area (Å²) in [4.78, 5) is 13.6. The van der Waals surface area contributed by atoms with Crippen molar-refractivity contribution >= 4 is 10.9 Å². The summed E-state index contributed by atoms with van der Waals surface area (Å²) in [5.41, 5.74) is 3.94. The van der Waals surface area contributed by atoms with Crippen LogP contribution in [0.4, 0.5) is 0 Å². The third-order valence-corrected chi connectivity index (χ3v) is 3.58. The summed E-state index contributed by atoms with van der Waals surface area (Å²) < 4.78 is 0. The topological polar surface area (TPSA) is 38.7 Å². The fourth-order valence-electron chi connectivity index (χ4n) is 2.45. The highest BCUT2D eigenvalue weighted by atomic mass is 14.9. The van der Waals surface area contributed by atoms with Gasteiger partial charge in [-0.1, -0.05) is 48.5 Å². The third-order valence-electron chi connectivity index (χ3n) is 3.58. The van der Waals surface area contributed by atoms with Gasteiger partial charge >= 0.3 is 0 Å². The van der Waals surface area contributed by atoms with Crippen molar-refractivity contribution in [2.45, 2.75) is 0 Å². The van der Waals surface area contributed by atoms with Crippen LogP contribution in [0.1, 0.15) is 0 Å². The number of aromatic nitrogens is 3. The first-order valence-corrected chi connectivity index (χ1v) is 7.14. The molecule has 0 unspecified atom stereocenters. The number of hydrogen-bond acceptors (Lipinski definition) is 3. The smallest absolute Gasteiger partial charge is 0.159 e. The van der Waals surface area contributed by atoms with Crippen LogP contribution in [0, 0.1) is 0 Å². The molecule has 0 spiro atoms. The Balaban J connectivity index is 1.81. The third kappa shape index (κ3) is 2.33. The van der Waals surface area contributed by atoms with Gasteiger partial charge in [-0.3, -0.25) is 4.98 Å². The van der Waals surface area contributed by atoms with Crippen molar-refractivity contribution in [1.82, 2.24) is 15.0 Å². The molecule has 0 N–H and O–H groups in total. The van der Waals surface area contributed by atoms with Gasteiger partial charge in [-0.15, -0.1) is 0 Å². The molecule has 2 aromatic heterocycles. The lowest BCUT2D eigenvalue weighted by Gasteiger charge is -2.05. The zero-order valence-electron chi connectivity index (χ0n) is 11.8. The fraction of sp³-hybridized carbons (Fsp3) is 0. The number of benzene rings is 2. The average molecular weight is 283 g/mol. The maximum Gasteiger partial charge on any atom is 0.159 e. The van der Waals surface area contributed by atoms with E-state index in [0.717, 1.165) is 33.5 Å². The minimum atomic E-state index is 0.721. The first-order chi connectivity index (χ1) is 10.9. The molecule has 4 rings (SSSR count). The summed E-state index contributed by atoms with van der Waals surface area (Å²) in [6, 6.07) is 22.1. The molecule has 0 amide bonds. The molecule has 22 heavy (non-hydrogen) atoms. The van der Waals surface area contributed by atoms with Crippen molar-refractivity contribution in [2.75, 3.05) is 0 Å². The molecule has 3 heteroatoms. The molecule has 0 atom stereocenters. The molecule has 2 heterocycles. The molecule has 4 aromatic rings. The van der Waals surface area contributed by atoms with Crippen molar-refractivity contribution < 1.29 is 0 Å². The highest BCUT2D eigenvalue weighted by Crippen LogP contribution is 2.23. The first kappa shape index (κ1) is 12.7. The number of nitrogens with zero attached hydrogens (tertiary/aromatic N) is 3. The van der Waals surface area contributed by atoms with Crippen LogP contribution in [0.2, 0.25) is 0 Å². The molecule has 3 nitrogen and oxygen atoms in total. The second-order valence-electron chi connectivity index (χ2n) is 5.05. The minimum Gasteiger partial charge on any atom is -0.256 e. The minimum absolute atomic E-state index is 0.721. The Kier molecular flexibility index (Phi) is 3.09. The zero-order chi connectivity index (χ0) is 14.8. The van der Waals surface area contributed by atoms with Gasteiger partial charge in [0.2, 0.25) is 0 Å². The van der Waals surface area contributed by atoms with Gasteiger partial charge in [0.05, 0.1) is 11.2 Å². The van der Waals surface area contributed by atoms with Gasteiger partial charge in [0.25, 0.3) is 0 Å². The van der Waals surface area contributed by atoms with Crippen molar-refractivity contribution in [1.29, 1.82) is 0 Å². The maximum atomic E-state index is 4.64. The quantitative estimate of drug-likeness (QED) is 0.548. The molecule has 104 valence electrons. The summed E-state index contributed by atoms with van der Waals surface area (Å²) in [5.74, 6) is 0.721. The Labute approximate surface area is 128 Å². The van der Waals surface area contributed by atoms with Gasteiger partial charge < -0.3 is 0 Å². The van der Waals surface area contributed by atoms with E-state index >= 15 is 0 Å². The Hall–Kier alpha value is -3.07. The first-order valence-electron chi connectivity index (χ1n) is 7.14. The van der Waals surface area contributed by atoms with Gasteiger partial charge in [0, 0.05) is 28.9 Å². The Morgan fingerprint density at radius 3 is 2.41 bits per heavy atom. The average Bonchev–Trinajstić information content (AvgIpc) is 2.62. The summed E-state index contributed by atoms with van der Waals surface area (Å²) >= 11 is 0. The lowest BCUT2D eigenvalue weighted by atomic mass is 10.1. The molecule has 0 aliphatic heterocycles. The Morgan fingerprint density at radius 2 is 1.50 bits per heavy atom. The molecule has 0 bridgehead atoms. The van der Waals surface area contributed by atoms with Crippen LogP contribution in [0.3, 0.4) is 0 Å².